The Morgan fingerprint density at radius 1 is 1.08 bits per heavy atom. The number of aryl methyl sites for hydroxylation is 2. The van der Waals surface area contributed by atoms with Crippen LogP contribution in [0.1, 0.15) is 11.3 Å². The van der Waals surface area contributed by atoms with Gasteiger partial charge in [-0.05, 0) is 24.6 Å². The first-order chi connectivity index (χ1) is 12.2. The first-order valence-corrected chi connectivity index (χ1v) is 8.38. The number of anilines is 1. The quantitative estimate of drug-likeness (QED) is 0.591. The number of fused-ring (bicyclic) bond motifs is 3. The Labute approximate surface area is 147 Å². The molecule has 0 fully saturated rings. The zero-order valence-electron chi connectivity index (χ0n) is 14.7. The molecule has 4 rings (SSSR count). The van der Waals surface area contributed by atoms with Gasteiger partial charge in [0.15, 0.2) is 0 Å². The number of hydrogen-bond acceptors (Lipinski definition) is 3. The summed E-state index contributed by atoms with van der Waals surface area (Å²) in [4.78, 5) is 4.44. The van der Waals surface area contributed by atoms with Crippen LogP contribution in [0.5, 0.6) is 5.75 Å². The number of ether oxygens (including phenoxy) is 1. The van der Waals surface area contributed by atoms with Crippen molar-refractivity contribution in [2.75, 3.05) is 12.4 Å². The van der Waals surface area contributed by atoms with Crippen LogP contribution in [0.3, 0.4) is 0 Å². The fourth-order valence-corrected chi connectivity index (χ4v) is 3.48. The van der Waals surface area contributed by atoms with E-state index in [1.807, 2.05) is 19.2 Å². The van der Waals surface area contributed by atoms with Gasteiger partial charge in [-0.3, -0.25) is 4.98 Å². The highest BCUT2D eigenvalue weighted by Crippen LogP contribution is 2.36. The van der Waals surface area contributed by atoms with Gasteiger partial charge in [0.25, 0.3) is 0 Å². The molecule has 4 nitrogen and oxygen atoms in total. The van der Waals surface area contributed by atoms with Crippen molar-refractivity contribution in [1.82, 2.24) is 9.55 Å². The highest BCUT2D eigenvalue weighted by Gasteiger charge is 2.14. The summed E-state index contributed by atoms with van der Waals surface area (Å²) in [6.07, 6.45) is 1.87. The molecule has 0 amide bonds. The minimum Gasteiger partial charge on any atom is -0.495 e. The Balaban J connectivity index is 1.84. The molecule has 25 heavy (non-hydrogen) atoms. The van der Waals surface area contributed by atoms with Gasteiger partial charge in [0.05, 0.1) is 29.5 Å². The van der Waals surface area contributed by atoms with Crippen LogP contribution in [0.15, 0.2) is 54.7 Å². The van der Waals surface area contributed by atoms with Gasteiger partial charge in [-0.2, -0.15) is 0 Å². The minimum absolute atomic E-state index is 0.758. The number of pyridine rings is 1. The van der Waals surface area contributed by atoms with Crippen molar-refractivity contribution < 1.29 is 4.74 Å². The highest BCUT2D eigenvalue weighted by atomic mass is 16.5. The number of nitrogens with zero attached hydrogens (tertiary/aromatic N) is 2. The van der Waals surface area contributed by atoms with Crippen molar-refractivity contribution in [2.24, 2.45) is 7.05 Å². The second kappa shape index (κ2) is 6.13. The number of nitrogens with one attached hydrogen (secondary N) is 1. The van der Waals surface area contributed by atoms with Gasteiger partial charge >= 0.3 is 0 Å². The van der Waals surface area contributed by atoms with Gasteiger partial charge in [0.2, 0.25) is 0 Å². The van der Waals surface area contributed by atoms with Crippen molar-refractivity contribution in [3.63, 3.8) is 0 Å². The molecular weight excluding hydrogens is 310 g/mol. The summed E-state index contributed by atoms with van der Waals surface area (Å²) >= 11 is 0. The van der Waals surface area contributed by atoms with Crippen molar-refractivity contribution in [2.45, 2.75) is 13.5 Å². The Morgan fingerprint density at radius 3 is 2.64 bits per heavy atom. The Kier molecular flexibility index (Phi) is 3.80. The number of benzene rings is 2. The van der Waals surface area contributed by atoms with Gasteiger partial charge in [0, 0.05) is 36.6 Å². The maximum Gasteiger partial charge on any atom is 0.144 e. The molecule has 0 aliphatic rings. The molecule has 2 aromatic carbocycles. The molecule has 0 saturated carbocycles. The number of methoxy groups -OCH3 is 1. The van der Waals surface area contributed by atoms with Crippen LogP contribution < -0.4 is 10.1 Å². The molecule has 4 aromatic rings. The first-order valence-electron chi connectivity index (χ1n) is 8.38. The SMILES string of the molecule is COc1cc2c(cc1NCc1ccccc1)c1ccnc(C)c1n2C. The Bertz CT molecular complexity index is 1050. The predicted molar refractivity (Wildman–Crippen MR) is 103 cm³/mol. The zero-order valence-corrected chi connectivity index (χ0v) is 14.7. The van der Waals surface area contributed by atoms with E-state index in [0.717, 1.165) is 29.2 Å². The lowest BCUT2D eigenvalue weighted by molar-refractivity contribution is 0.417. The number of aromatic nitrogens is 2. The molecule has 0 saturated heterocycles. The van der Waals surface area contributed by atoms with Crippen LogP contribution in [0.25, 0.3) is 21.8 Å². The van der Waals surface area contributed by atoms with E-state index in [2.05, 4.69) is 64.4 Å². The van der Waals surface area contributed by atoms with Crippen molar-refractivity contribution in [3.8, 4) is 5.75 Å². The van der Waals surface area contributed by atoms with Crippen molar-refractivity contribution in [1.29, 1.82) is 0 Å². The smallest absolute Gasteiger partial charge is 0.144 e. The average Bonchev–Trinajstić information content (AvgIpc) is 2.93. The molecule has 0 atom stereocenters. The largest absolute Gasteiger partial charge is 0.495 e. The lowest BCUT2D eigenvalue weighted by Gasteiger charge is -2.12. The normalized spacial score (nSPS) is 11.2. The molecule has 2 aromatic heterocycles. The fraction of sp³-hybridized carbons (Fsp3) is 0.190. The third kappa shape index (κ3) is 2.60. The summed E-state index contributed by atoms with van der Waals surface area (Å²) in [7, 11) is 3.79. The van der Waals surface area contributed by atoms with Crippen LogP contribution in [-0.4, -0.2) is 16.7 Å². The maximum absolute atomic E-state index is 5.63. The zero-order chi connectivity index (χ0) is 17.4. The second-order valence-electron chi connectivity index (χ2n) is 6.26. The van der Waals surface area contributed by atoms with E-state index in [4.69, 9.17) is 4.74 Å². The first kappa shape index (κ1) is 15.5. The summed E-state index contributed by atoms with van der Waals surface area (Å²) in [5, 5.41) is 5.94. The standard InChI is InChI=1S/C21H21N3O/c1-14-21-16(9-10-22-14)17-11-18(20(25-3)12-19(17)24(21)2)23-13-15-7-5-4-6-8-15/h4-12,23H,13H2,1-3H3. The van der Waals surface area contributed by atoms with E-state index in [1.165, 1.54) is 21.9 Å². The summed E-state index contributed by atoms with van der Waals surface area (Å²) < 4.78 is 7.82. The van der Waals surface area contributed by atoms with Crippen LogP contribution in [-0.2, 0) is 13.6 Å². The highest BCUT2D eigenvalue weighted by molar-refractivity contribution is 6.10. The fourth-order valence-electron chi connectivity index (χ4n) is 3.48. The van der Waals surface area contributed by atoms with Crippen LogP contribution >= 0.6 is 0 Å². The van der Waals surface area contributed by atoms with Gasteiger partial charge in [-0.25, -0.2) is 0 Å². The van der Waals surface area contributed by atoms with Gasteiger partial charge in [-0.15, -0.1) is 0 Å². The van der Waals surface area contributed by atoms with E-state index in [0.29, 0.717) is 0 Å². The van der Waals surface area contributed by atoms with Gasteiger partial charge in [0.1, 0.15) is 5.75 Å². The molecule has 0 radical (unpaired) electrons. The molecule has 0 unspecified atom stereocenters. The molecule has 2 heterocycles. The van der Waals surface area contributed by atoms with Crippen LogP contribution in [0, 0.1) is 6.92 Å². The minimum atomic E-state index is 0.758. The Hall–Kier alpha value is -3.01. The summed E-state index contributed by atoms with van der Waals surface area (Å²) in [5.74, 6) is 0.847. The van der Waals surface area contributed by atoms with E-state index in [1.54, 1.807) is 7.11 Å². The second-order valence-corrected chi connectivity index (χ2v) is 6.26. The summed E-state index contributed by atoms with van der Waals surface area (Å²) in [6.45, 7) is 2.81. The van der Waals surface area contributed by atoms with E-state index >= 15 is 0 Å². The van der Waals surface area contributed by atoms with Crippen molar-refractivity contribution in [3.05, 3.63) is 66.0 Å². The molecule has 126 valence electrons. The third-order valence-electron chi connectivity index (χ3n) is 4.74. The van der Waals surface area contributed by atoms with Gasteiger partial charge < -0.3 is 14.6 Å². The summed E-state index contributed by atoms with van der Waals surface area (Å²) in [6, 6.07) is 16.7. The van der Waals surface area contributed by atoms with Crippen LogP contribution in [0.4, 0.5) is 5.69 Å². The van der Waals surface area contributed by atoms with E-state index in [-0.39, 0.29) is 0 Å². The topological polar surface area (TPSA) is 39.1 Å². The average molecular weight is 331 g/mol. The lowest BCUT2D eigenvalue weighted by atomic mass is 10.1. The Morgan fingerprint density at radius 2 is 1.88 bits per heavy atom. The third-order valence-corrected chi connectivity index (χ3v) is 4.74. The molecule has 0 aliphatic carbocycles. The summed E-state index contributed by atoms with van der Waals surface area (Å²) in [5.41, 5.74) is 5.59. The maximum atomic E-state index is 5.63. The van der Waals surface area contributed by atoms with Crippen molar-refractivity contribution >= 4 is 27.5 Å². The van der Waals surface area contributed by atoms with E-state index < -0.39 is 0 Å². The number of hydrogen-bond donors (Lipinski definition) is 1. The molecule has 0 spiro atoms. The molecular formula is C21H21N3O. The monoisotopic (exact) mass is 331 g/mol. The lowest BCUT2D eigenvalue weighted by Crippen LogP contribution is -2.01. The molecule has 0 aliphatic heterocycles. The van der Waals surface area contributed by atoms with E-state index in [9.17, 15) is 0 Å². The predicted octanol–water partition coefficient (Wildman–Crippen LogP) is 4.66. The molecule has 1 N–H and O–H groups in total. The molecule has 4 heteroatoms. The van der Waals surface area contributed by atoms with Crippen LogP contribution in [0.2, 0.25) is 0 Å². The number of rotatable bonds is 4. The molecule has 0 bridgehead atoms. The van der Waals surface area contributed by atoms with Gasteiger partial charge in [-0.1, -0.05) is 30.3 Å².